The van der Waals surface area contributed by atoms with Crippen molar-refractivity contribution in [2.24, 2.45) is 5.84 Å². The topological polar surface area (TPSA) is 64.3 Å². The van der Waals surface area contributed by atoms with Crippen molar-refractivity contribution in [2.75, 3.05) is 6.26 Å². The van der Waals surface area contributed by atoms with Gasteiger partial charge in [-0.2, -0.15) is 0 Å². The van der Waals surface area contributed by atoms with Gasteiger partial charge in [0, 0.05) is 4.90 Å². The number of hydrogen-bond donors (Lipinski definition) is 2. The van der Waals surface area contributed by atoms with Gasteiger partial charge in [0.05, 0.1) is 0 Å². The normalized spacial score (nSPS) is 9.57. The molecule has 0 fully saturated rings. The Balaban J connectivity index is 2.47. The molecule has 0 saturated carbocycles. The molecule has 1 aromatic carbocycles. The number of nitrogens with one attached hydrogen (secondary N) is 1. The van der Waals surface area contributed by atoms with Gasteiger partial charge in [-0.15, -0.1) is 11.8 Å². The van der Waals surface area contributed by atoms with Crippen molar-refractivity contribution in [1.29, 1.82) is 0 Å². The van der Waals surface area contributed by atoms with Gasteiger partial charge < -0.3 is 4.74 Å². The summed E-state index contributed by atoms with van der Waals surface area (Å²) in [4.78, 5) is 11.8. The Morgan fingerprint density at radius 3 is 2.64 bits per heavy atom. The lowest BCUT2D eigenvalue weighted by molar-refractivity contribution is 0.140. The van der Waals surface area contributed by atoms with Gasteiger partial charge >= 0.3 is 6.09 Å². The molecule has 0 radical (unpaired) electrons. The third-order valence-corrected chi connectivity index (χ3v) is 2.39. The highest BCUT2D eigenvalue weighted by atomic mass is 32.2. The molecule has 0 spiro atoms. The third kappa shape index (κ3) is 3.27. The minimum atomic E-state index is -0.626. The summed E-state index contributed by atoms with van der Waals surface area (Å²) in [6, 6.07) is 7.78. The van der Waals surface area contributed by atoms with Gasteiger partial charge in [-0.1, -0.05) is 12.1 Å². The number of amides is 1. The fourth-order valence-corrected chi connectivity index (χ4v) is 1.32. The first-order valence-corrected chi connectivity index (χ1v) is 5.25. The predicted octanol–water partition coefficient (Wildman–Crippen LogP) is 1.51. The van der Waals surface area contributed by atoms with E-state index >= 15 is 0 Å². The van der Waals surface area contributed by atoms with Crippen molar-refractivity contribution in [2.45, 2.75) is 11.5 Å². The quantitative estimate of drug-likeness (QED) is 0.345. The van der Waals surface area contributed by atoms with Crippen LogP contribution in [0.1, 0.15) is 5.56 Å². The second-order valence-corrected chi connectivity index (χ2v) is 3.45. The molecule has 1 rings (SSSR count). The van der Waals surface area contributed by atoms with E-state index in [-0.39, 0.29) is 6.61 Å². The summed E-state index contributed by atoms with van der Waals surface area (Å²) in [6.45, 7) is 0.234. The Kier molecular flexibility index (Phi) is 4.28. The second kappa shape index (κ2) is 5.51. The maximum Gasteiger partial charge on any atom is 0.421 e. The minimum absolute atomic E-state index is 0.234. The molecular formula is C9H12N2O2S. The molecule has 0 aliphatic carbocycles. The number of carbonyl (C=O) groups is 1. The summed E-state index contributed by atoms with van der Waals surface area (Å²) in [5.41, 5.74) is 2.83. The van der Waals surface area contributed by atoms with Gasteiger partial charge in [-0.3, -0.25) is 5.43 Å². The Bertz CT molecular complexity index is 300. The molecule has 0 saturated heterocycles. The maximum atomic E-state index is 10.6. The highest BCUT2D eigenvalue weighted by Crippen LogP contribution is 2.15. The number of hydrazine groups is 1. The SMILES string of the molecule is CSc1ccc(COC(=O)NN)cc1. The molecule has 0 unspecified atom stereocenters. The van der Waals surface area contributed by atoms with Crippen molar-refractivity contribution in [3.8, 4) is 0 Å². The summed E-state index contributed by atoms with van der Waals surface area (Å²) < 4.78 is 4.77. The average Bonchev–Trinajstić information content (AvgIpc) is 2.26. The molecule has 3 N–H and O–H groups in total. The molecule has 14 heavy (non-hydrogen) atoms. The number of nitrogens with two attached hydrogens (primary N) is 1. The average molecular weight is 212 g/mol. The first-order chi connectivity index (χ1) is 6.76. The van der Waals surface area contributed by atoms with E-state index in [1.54, 1.807) is 11.8 Å². The molecule has 0 aliphatic rings. The smallest absolute Gasteiger partial charge is 0.421 e. The van der Waals surface area contributed by atoms with E-state index in [4.69, 9.17) is 10.6 Å². The van der Waals surface area contributed by atoms with Gasteiger partial charge in [0.15, 0.2) is 0 Å². The molecule has 5 heteroatoms. The monoisotopic (exact) mass is 212 g/mol. The van der Waals surface area contributed by atoms with Crippen LogP contribution in [0.4, 0.5) is 4.79 Å². The van der Waals surface area contributed by atoms with Crippen LogP contribution in [0.25, 0.3) is 0 Å². The second-order valence-electron chi connectivity index (χ2n) is 2.57. The lowest BCUT2D eigenvalue weighted by Gasteiger charge is -2.04. The van der Waals surface area contributed by atoms with Crippen LogP contribution in [0.15, 0.2) is 29.2 Å². The van der Waals surface area contributed by atoms with Crippen molar-refractivity contribution >= 4 is 17.9 Å². The van der Waals surface area contributed by atoms with Crippen molar-refractivity contribution in [1.82, 2.24) is 5.43 Å². The summed E-state index contributed by atoms with van der Waals surface area (Å²) >= 11 is 1.67. The molecule has 4 nitrogen and oxygen atoms in total. The molecule has 1 aromatic rings. The predicted molar refractivity (Wildman–Crippen MR) is 55.7 cm³/mol. The fraction of sp³-hybridized carbons (Fsp3) is 0.222. The highest BCUT2D eigenvalue weighted by molar-refractivity contribution is 7.98. The van der Waals surface area contributed by atoms with E-state index in [1.807, 2.05) is 35.9 Å². The number of rotatable bonds is 3. The number of carbonyl (C=O) groups excluding carboxylic acids is 1. The lowest BCUT2D eigenvalue weighted by atomic mass is 10.2. The molecule has 0 bridgehead atoms. The minimum Gasteiger partial charge on any atom is -0.444 e. The van der Waals surface area contributed by atoms with Gasteiger partial charge in [-0.05, 0) is 24.0 Å². The highest BCUT2D eigenvalue weighted by Gasteiger charge is 1.99. The lowest BCUT2D eigenvalue weighted by Crippen LogP contribution is -2.30. The summed E-state index contributed by atoms with van der Waals surface area (Å²) in [5, 5.41) is 0. The van der Waals surface area contributed by atoms with E-state index in [1.165, 1.54) is 4.90 Å². The van der Waals surface area contributed by atoms with Crippen LogP contribution in [0.5, 0.6) is 0 Å². The third-order valence-electron chi connectivity index (χ3n) is 1.65. The van der Waals surface area contributed by atoms with Crippen LogP contribution in [-0.4, -0.2) is 12.3 Å². The molecule has 0 aromatic heterocycles. The Labute approximate surface area is 86.8 Å². The first-order valence-electron chi connectivity index (χ1n) is 4.02. The number of benzene rings is 1. The van der Waals surface area contributed by atoms with Gasteiger partial charge in [-0.25, -0.2) is 10.6 Å². The van der Waals surface area contributed by atoms with Crippen molar-refractivity contribution in [3.63, 3.8) is 0 Å². The summed E-state index contributed by atoms with van der Waals surface area (Å²) in [6.07, 6.45) is 1.38. The Morgan fingerprint density at radius 1 is 1.50 bits per heavy atom. The van der Waals surface area contributed by atoms with Crippen LogP contribution in [0.2, 0.25) is 0 Å². The zero-order valence-electron chi connectivity index (χ0n) is 7.82. The molecular weight excluding hydrogens is 200 g/mol. The first kappa shape index (κ1) is 10.9. The van der Waals surface area contributed by atoms with E-state index in [0.29, 0.717) is 0 Å². The largest absolute Gasteiger partial charge is 0.444 e. The van der Waals surface area contributed by atoms with Crippen LogP contribution >= 0.6 is 11.8 Å². The zero-order valence-corrected chi connectivity index (χ0v) is 8.64. The van der Waals surface area contributed by atoms with E-state index in [0.717, 1.165) is 5.56 Å². The van der Waals surface area contributed by atoms with Crippen LogP contribution in [-0.2, 0) is 11.3 Å². The fourth-order valence-electron chi connectivity index (χ4n) is 0.912. The van der Waals surface area contributed by atoms with Gasteiger partial charge in [0.1, 0.15) is 6.61 Å². The molecule has 0 aliphatic heterocycles. The van der Waals surface area contributed by atoms with E-state index < -0.39 is 6.09 Å². The van der Waals surface area contributed by atoms with Crippen LogP contribution in [0, 0.1) is 0 Å². The molecule has 0 heterocycles. The Hall–Kier alpha value is -1.20. The molecule has 76 valence electrons. The number of hydrogen-bond acceptors (Lipinski definition) is 4. The van der Waals surface area contributed by atoms with Gasteiger partial charge in [0.2, 0.25) is 0 Å². The summed E-state index contributed by atoms with van der Waals surface area (Å²) in [5.74, 6) is 4.85. The van der Waals surface area contributed by atoms with E-state index in [2.05, 4.69) is 0 Å². The summed E-state index contributed by atoms with van der Waals surface area (Å²) in [7, 11) is 0. The standard InChI is InChI=1S/C9H12N2O2S/c1-14-8-4-2-7(3-5-8)6-13-9(12)11-10/h2-5H,6,10H2,1H3,(H,11,12). The van der Waals surface area contributed by atoms with E-state index in [9.17, 15) is 4.79 Å². The van der Waals surface area contributed by atoms with Gasteiger partial charge in [0.25, 0.3) is 0 Å². The maximum absolute atomic E-state index is 10.6. The molecule has 1 amide bonds. The van der Waals surface area contributed by atoms with Crippen molar-refractivity contribution < 1.29 is 9.53 Å². The van der Waals surface area contributed by atoms with Crippen LogP contribution in [0.3, 0.4) is 0 Å². The van der Waals surface area contributed by atoms with Crippen molar-refractivity contribution in [3.05, 3.63) is 29.8 Å². The zero-order chi connectivity index (χ0) is 10.4. The molecule has 0 atom stereocenters. The van der Waals surface area contributed by atoms with Crippen LogP contribution < -0.4 is 11.3 Å². The number of ether oxygens (including phenoxy) is 1. The number of thioether (sulfide) groups is 1. The Morgan fingerprint density at radius 2 is 2.14 bits per heavy atom.